The Morgan fingerprint density at radius 3 is 2.84 bits per heavy atom. The first-order chi connectivity index (χ1) is 9.17. The summed E-state index contributed by atoms with van der Waals surface area (Å²) in [6.07, 6.45) is 2.19. The molecule has 0 aliphatic carbocycles. The second-order valence-electron chi connectivity index (χ2n) is 4.21. The summed E-state index contributed by atoms with van der Waals surface area (Å²) in [7, 11) is 0. The highest BCUT2D eigenvalue weighted by Gasteiger charge is 2.20. The molecule has 0 fully saturated rings. The third kappa shape index (κ3) is 3.02. The largest absolute Gasteiger partial charge is 0.271 e. The Morgan fingerprint density at radius 2 is 2.21 bits per heavy atom. The van der Waals surface area contributed by atoms with E-state index in [1.165, 1.54) is 6.07 Å². The van der Waals surface area contributed by atoms with Crippen LogP contribution < -0.4 is 11.3 Å². The van der Waals surface area contributed by atoms with Crippen LogP contribution in [0.1, 0.15) is 24.2 Å². The van der Waals surface area contributed by atoms with Crippen LogP contribution in [0, 0.1) is 5.82 Å². The molecule has 1 atom stereocenters. The molecule has 3 N–H and O–H groups in total. The number of nitrogens with one attached hydrogen (secondary N) is 1. The highest BCUT2D eigenvalue weighted by atomic mass is 79.9. The highest BCUT2D eigenvalue weighted by Crippen LogP contribution is 2.26. The number of benzene rings is 1. The molecule has 6 heteroatoms. The van der Waals surface area contributed by atoms with E-state index in [1.54, 1.807) is 18.3 Å². The third-order valence-electron chi connectivity index (χ3n) is 3.05. The van der Waals surface area contributed by atoms with Crippen molar-refractivity contribution in [2.75, 3.05) is 0 Å². The van der Waals surface area contributed by atoms with Crippen LogP contribution in [0.25, 0.3) is 0 Å². The van der Waals surface area contributed by atoms with Gasteiger partial charge in [-0.1, -0.05) is 18.2 Å². The second kappa shape index (κ2) is 6.27. The fourth-order valence-electron chi connectivity index (χ4n) is 2.09. The van der Waals surface area contributed by atoms with Crippen molar-refractivity contribution >= 4 is 15.9 Å². The molecule has 4 nitrogen and oxygen atoms in total. The fourth-order valence-corrected chi connectivity index (χ4v) is 2.66. The van der Waals surface area contributed by atoms with Gasteiger partial charge in [0.25, 0.3) is 0 Å². The molecule has 0 aliphatic rings. The monoisotopic (exact) mass is 326 g/mol. The number of nitrogens with zero attached hydrogens (tertiary/aromatic N) is 2. The molecule has 19 heavy (non-hydrogen) atoms. The number of rotatable bonds is 5. The third-order valence-corrected chi connectivity index (χ3v) is 3.66. The second-order valence-corrected chi connectivity index (χ2v) is 5.06. The zero-order valence-corrected chi connectivity index (χ0v) is 12.2. The van der Waals surface area contributed by atoms with E-state index in [0.29, 0.717) is 12.0 Å². The average Bonchev–Trinajstić information content (AvgIpc) is 2.79. The molecule has 0 amide bonds. The first-order valence-corrected chi connectivity index (χ1v) is 6.87. The Labute approximate surface area is 119 Å². The smallest absolute Gasteiger partial charge is 0.126 e. The molecule has 1 aromatic heterocycles. The molecular weight excluding hydrogens is 311 g/mol. The predicted molar refractivity (Wildman–Crippen MR) is 75.8 cm³/mol. The number of hydrogen-bond donors (Lipinski definition) is 2. The average molecular weight is 327 g/mol. The van der Waals surface area contributed by atoms with Gasteiger partial charge in [-0.25, -0.2) is 4.39 Å². The molecular formula is C13H16BrFN4. The summed E-state index contributed by atoms with van der Waals surface area (Å²) in [6, 6.07) is 6.51. The Kier molecular flexibility index (Phi) is 4.68. The topological polar surface area (TPSA) is 55.9 Å². The molecule has 2 rings (SSSR count). The summed E-state index contributed by atoms with van der Waals surface area (Å²) in [5.74, 6) is 5.40. The van der Waals surface area contributed by atoms with E-state index in [4.69, 9.17) is 5.84 Å². The minimum absolute atomic E-state index is 0.200. The van der Waals surface area contributed by atoms with Crippen molar-refractivity contribution in [3.63, 3.8) is 0 Å². The van der Waals surface area contributed by atoms with Crippen molar-refractivity contribution in [1.29, 1.82) is 0 Å². The molecule has 1 aromatic carbocycles. The molecule has 102 valence electrons. The van der Waals surface area contributed by atoms with Crippen LogP contribution >= 0.6 is 15.9 Å². The molecule has 0 bridgehead atoms. The van der Waals surface area contributed by atoms with Crippen molar-refractivity contribution in [3.8, 4) is 0 Å². The zero-order chi connectivity index (χ0) is 13.8. The van der Waals surface area contributed by atoms with Crippen LogP contribution in [0.3, 0.4) is 0 Å². The number of hydrogen-bond acceptors (Lipinski definition) is 3. The molecule has 1 unspecified atom stereocenters. The quantitative estimate of drug-likeness (QED) is 0.655. The van der Waals surface area contributed by atoms with Gasteiger partial charge in [0, 0.05) is 6.54 Å². The van der Waals surface area contributed by atoms with E-state index in [2.05, 4.69) is 26.5 Å². The van der Waals surface area contributed by atoms with Gasteiger partial charge in [-0.3, -0.25) is 16.0 Å². The summed E-state index contributed by atoms with van der Waals surface area (Å²) in [5, 5.41) is 4.25. The maximum absolute atomic E-state index is 13.7. The maximum atomic E-state index is 13.7. The van der Waals surface area contributed by atoms with Gasteiger partial charge >= 0.3 is 0 Å². The van der Waals surface area contributed by atoms with Crippen molar-refractivity contribution < 1.29 is 4.39 Å². The van der Waals surface area contributed by atoms with E-state index in [0.717, 1.165) is 16.7 Å². The molecule has 0 aliphatic heterocycles. The van der Waals surface area contributed by atoms with E-state index < -0.39 is 0 Å². The zero-order valence-electron chi connectivity index (χ0n) is 10.6. The normalized spacial score (nSPS) is 12.6. The van der Waals surface area contributed by atoms with Crippen LogP contribution in [0.4, 0.5) is 4.39 Å². The van der Waals surface area contributed by atoms with E-state index >= 15 is 0 Å². The van der Waals surface area contributed by atoms with Crippen LogP contribution in [0.15, 0.2) is 34.9 Å². The molecule has 0 spiro atoms. The molecule has 1 heterocycles. The minimum atomic E-state index is -0.221. The van der Waals surface area contributed by atoms with Crippen LogP contribution in [-0.4, -0.2) is 9.78 Å². The van der Waals surface area contributed by atoms with Crippen molar-refractivity contribution in [2.24, 2.45) is 5.84 Å². The number of nitrogens with two attached hydrogens (primary N) is 1. The Bertz CT molecular complexity index is 555. The van der Waals surface area contributed by atoms with E-state index in [1.807, 2.05) is 17.7 Å². The number of aromatic nitrogens is 2. The Balaban J connectivity index is 2.30. The number of hydrazine groups is 1. The predicted octanol–water partition coefficient (Wildman–Crippen LogP) is 2.55. The van der Waals surface area contributed by atoms with Gasteiger partial charge < -0.3 is 0 Å². The molecule has 0 saturated heterocycles. The van der Waals surface area contributed by atoms with Gasteiger partial charge in [0.15, 0.2) is 0 Å². The first kappa shape index (κ1) is 14.2. The summed E-state index contributed by atoms with van der Waals surface area (Å²) >= 11 is 3.46. The standard InChI is InChI=1S/C13H16BrFN4/c1-2-19-13(10(14)8-17-19)12(18-16)7-9-5-3-4-6-11(9)15/h3-6,8,12,18H,2,7,16H2,1H3. The Morgan fingerprint density at radius 1 is 1.47 bits per heavy atom. The van der Waals surface area contributed by atoms with Gasteiger partial charge in [-0.15, -0.1) is 0 Å². The van der Waals surface area contributed by atoms with Crippen LogP contribution in [-0.2, 0) is 13.0 Å². The van der Waals surface area contributed by atoms with E-state index in [-0.39, 0.29) is 11.9 Å². The molecule has 0 saturated carbocycles. The van der Waals surface area contributed by atoms with Crippen molar-refractivity contribution in [2.45, 2.75) is 25.9 Å². The summed E-state index contributed by atoms with van der Waals surface area (Å²) in [6.45, 7) is 2.73. The van der Waals surface area contributed by atoms with Gasteiger partial charge in [0.1, 0.15) is 5.82 Å². The maximum Gasteiger partial charge on any atom is 0.126 e. The first-order valence-electron chi connectivity index (χ1n) is 6.08. The summed E-state index contributed by atoms with van der Waals surface area (Å²) < 4.78 is 16.4. The highest BCUT2D eigenvalue weighted by molar-refractivity contribution is 9.10. The van der Waals surface area contributed by atoms with Gasteiger partial charge in [0.05, 0.1) is 22.4 Å². The SMILES string of the molecule is CCn1ncc(Br)c1C(Cc1ccccc1F)NN. The molecule has 0 radical (unpaired) electrons. The fraction of sp³-hybridized carbons (Fsp3) is 0.308. The lowest BCUT2D eigenvalue weighted by atomic mass is 10.0. The Hall–Kier alpha value is -1.24. The number of aryl methyl sites for hydroxylation is 1. The lowest BCUT2D eigenvalue weighted by Gasteiger charge is -2.18. The van der Waals surface area contributed by atoms with Gasteiger partial charge in [0.2, 0.25) is 0 Å². The van der Waals surface area contributed by atoms with Gasteiger partial charge in [-0.05, 0) is 40.9 Å². The van der Waals surface area contributed by atoms with Crippen molar-refractivity contribution in [1.82, 2.24) is 15.2 Å². The lowest BCUT2D eigenvalue weighted by molar-refractivity contribution is 0.479. The van der Waals surface area contributed by atoms with E-state index in [9.17, 15) is 4.39 Å². The molecule has 2 aromatic rings. The minimum Gasteiger partial charge on any atom is -0.271 e. The number of halogens is 2. The summed E-state index contributed by atoms with van der Waals surface area (Å²) in [5.41, 5.74) is 4.29. The van der Waals surface area contributed by atoms with Gasteiger partial charge in [-0.2, -0.15) is 5.10 Å². The van der Waals surface area contributed by atoms with Crippen LogP contribution in [0.2, 0.25) is 0 Å². The van der Waals surface area contributed by atoms with Crippen molar-refractivity contribution in [3.05, 3.63) is 52.0 Å². The lowest BCUT2D eigenvalue weighted by Crippen LogP contribution is -2.32. The summed E-state index contributed by atoms with van der Waals surface area (Å²) in [4.78, 5) is 0. The van der Waals surface area contributed by atoms with Crippen LogP contribution in [0.5, 0.6) is 0 Å².